The van der Waals surface area contributed by atoms with Gasteiger partial charge in [0.1, 0.15) is 0 Å². The fraction of sp³-hybridized carbons (Fsp3) is 0.826. The van der Waals surface area contributed by atoms with E-state index < -0.39 is 0 Å². The molecule has 3 heterocycles. The van der Waals surface area contributed by atoms with Gasteiger partial charge in [0.25, 0.3) is 0 Å². The first-order chi connectivity index (χ1) is 13.6. The minimum Gasteiger partial charge on any atom is -0.342 e. The highest BCUT2D eigenvalue weighted by Crippen LogP contribution is 2.39. The number of piperidine rings is 1. The first kappa shape index (κ1) is 19.9. The zero-order valence-corrected chi connectivity index (χ0v) is 17.7. The molecule has 5 nitrogen and oxygen atoms in total. The van der Waals surface area contributed by atoms with E-state index in [-0.39, 0.29) is 0 Å². The molecule has 28 heavy (non-hydrogen) atoms. The molecule has 0 aromatic carbocycles. The number of nitrogens with zero attached hydrogens (tertiary/aromatic N) is 4. The van der Waals surface area contributed by atoms with E-state index in [0.717, 1.165) is 24.7 Å². The van der Waals surface area contributed by atoms with Crippen molar-refractivity contribution in [3.8, 4) is 0 Å². The Morgan fingerprint density at radius 3 is 2.75 bits per heavy atom. The van der Waals surface area contributed by atoms with Gasteiger partial charge in [0.2, 0.25) is 5.91 Å². The van der Waals surface area contributed by atoms with Crippen molar-refractivity contribution in [2.45, 2.75) is 77.7 Å². The van der Waals surface area contributed by atoms with Crippen LogP contribution in [-0.4, -0.2) is 58.2 Å². The molecule has 0 bridgehead atoms. The Balaban J connectivity index is 1.24. The topological polar surface area (TPSA) is 41.4 Å². The number of amides is 1. The van der Waals surface area contributed by atoms with Gasteiger partial charge in [-0.1, -0.05) is 32.1 Å². The molecule has 3 fully saturated rings. The van der Waals surface area contributed by atoms with Gasteiger partial charge in [0.05, 0.1) is 0 Å². The lowest BCUT2D eigenvalue weighted by molar-refractivity contribution is -0.131. The van der Waals surface area contributed by atoms with Crippen molar-refractivity contribution in [3.63, 3.8) is 0 Å². The van der Waals surface area contributed by atoms with Crippen LogP contribution in [0.4, 0.5) is 0 Å². The summed E-state index contributed by atoms with van der Waals surface area (Å²) < 4.78 is 1.94. The number of aromatic nitrogens is 2. The second-order valence-corrected chi connectivity index (χ2v) is 9.68. The van der Waals surface area contributed by atoms with E-state index >= 15 is 0 Å². The zero-order chi connectivity index (χ0) is 19.4. The quantitative estimate of drug-likeness (QED) is 0.745. The van der Waals surface area contributed by atoms with Gasteiger partial charge in [-0.05, 0) is 57.7 Å². The van der Waals surface area contributed by atoms with Gasteiger partial charge in [-0.15, -0.1) is 0 Å². The Bertz CT molecular complexity index is 651. The molecular weight excluding hydrogens is 348 g/mol. The van der Waals surface area contributed by atoms with Crippen molar-refractivity contribution in [2.24, 2.45) is 11.3 Å². The lowest BCUT2D eigenvalue weighted by Gasteiger charge is -2.41. The maximum Gasteiger partial charge on any atom is 0.224 e. The molecule has 1 aliphatic carbocycles. The normalized spacial score (nSPS) is 27.0. The van der Waals surface area contributed by atoms with Gasteiger partial charge in [0, 0.05) is 49.9 Å². The van der Waals surface area contributed by atoms with Crippen LogP contribution >= 0.6 is 0 Å². The van der Waals surface area contributed by atoms with Crippen LogP contribution in [0.3, 0.4) is 0 Å². The first-order valence-corrected chi connectivity index (χ1v) is 11.6. The first-order valence-electron chi connectivity index (χ1n) is 11.6. The van der Waals surface area contributed by atoms with Crippen molar-refractivity contribution >= 4 is 5.91 Å². The number of carbonyl (C=O) groups is 1. The van der Waals surface area contributed by atoms with Crippen molar-refractivity contribution in [2.75, 3.05) is 32.7 Å². The lowest BCUT2D eigenvalue weighted by Crippen LogP contribution is -2.46. The van der Waals surface area contributed by atoms with Crippen LogP contribution in [0.1, 0.15) is 69.9 Å². The minimum absolute atomic E-state index is 0.311. The Kier molecular flexibility index (Phi) is 6.39. The molecule has 1 aromatic rings. The van der Waals surface area contributed by atoms with E-state index in [0.29, 0.717) is 24.3 Å². The molecule has 0 N–H and O–H groups in total. The number of carbonyl (C=O) groups excluding carboxylic acids is 1. The summed E-state index contributed by atoms with van der Waals surface area (Å²) in [7, 11) is 0. The van der Waals surface area contributed by atoms with Crippen LogP contribution < -0.4 is 0 Å². The summed E-state index contributed by atoms with van der Waals surface area (Å²) in [6, 6.07) is 2.00. The number of hydrogen-bond donors (Lipinski definition) is 0. The highest BCUT2D eigenvalue weighted by Gasteiger charge is 2.42. The summed E-state index contributed by atoms with van der Waals surface area (Å²) >= 11 is 0. The van der Waals surface area contributed by atoms with Crippen LogP contribution in [0, 0.1) is 18.3 Å². The highest BCUT2D eigenvalue weighted by atomic mass is 16.2. The average molecular weight is 387 g/mol. The summed E-state index contributed by atoms with van der Waals surface area (Å²) in [6.45, 7) is 8.43. The smallest absolute Gasteiger partial charge is 0.224 e. The third-order valence-corrected chi connectivity index (χ3v) is 7.58. The highest BCUT2D eigenvalue weighted by molar-refractivity contribution is 5.76. The van der Waals surface area contributed by atoms with Gasteiger partial charge in [-0.3, -0.25) is 9.48 Å². The molecule has 2 saturated heterocycles. The monoisotopic (exact) mass is 386 g/mol. The molecule has 0 radical (unpaired) electrons. The fourth-order valence-corrected chi connectivity index (χ4v) is 5.82. The Morgan fingerprint density at radius 1 is 1.11 bits per heavy atom. The zero-order valence-electron chi connectivity index (χ0n) is 17.7. The Hall–Kier alpha value is -1.36. The molecule has 3 aliphatic rings. The van der Waals surface area contributed by atoms with Crippen LogP contribution in [0.2, 0.25) is 0 Å². The Labute approximate surface area is 170 Å². The molecule has 1 amide bonds. The van der Waals surface area contributed by atoms with Crippen LogP contribution in [0.25, 0.3) is 0 Å². The van der Waals surface area contributed by atoms with Crippen molar-refractivity contribution in [3.05, 3.63) is 18.0 Å². The van der Waals surface area contributed by atoms with Gasteiger partial charge in [0.15, 0.2) is 0 Å². The molecule has 2 aliphatic heterocycles. The standard InChI is InChI=1S/C23H38N4O/c1-20-8-13-24-27(20)16-10-22(28)26-17-12-23(19-26)11-5-14-25(18-23)15-9-21-6-3-2-4-7-21/h8,13,21H,2-7,9-12,14-19H2,1H3/t23-/m1/s1. The number of aryl methyl sites for hydroxylation is 2. The van der Waals surface area contributed by atoms with Crippen LogP contribution in [-0.2, 0) is 11.3 Å². The molecular formula is C23H38N4O. The van der Waals surface area contributed by atoms with Crippen molar-refractivity contribution < 1.29 is 4.79 Å². The van der Waals surface area contributed by atoms with E-state index in [4.69, 9.17) is 0 Å². The summed E-state index contributed by atoms with van der Waals surface area (Å²) in [5.74, 6) is 1.28. The molecule has 1 atom stereocenters. The van der Waals surface area contributed by atoms with Gasteiger partial charge < -0.3 is 9.80 Å². The average Bonchev–Trinajstić information content (AvgIpc) is 3.32. The van der Waals surface area contributed by atoms with E-state index in [9.17, 15) is 4.79 Å². The second kappa shape index (κ2) is 8.98. The third kappa shape index (κ3) is 4.79. The number of rotatable bonds is 6. The summed E-state index contributed by atoms with van der Waals surface area (Å²) in [5, 5.41) is 4.31. The maximum absolute atomic E-state index is 12.8. The SMILES string of the molecule is Cc1ccnn1CCC(=O)N1CC[C@@]2(CCCN(CCC3CCCCC3)C2)C1. The van der Waals surface area contributed by atoms with E-state index in [1.807, 2.05) is 23.9 Å². The second-order valence-electron chi connectivity index (χ2n) is 9.68. The molecule has 0 unspecified atom stereocenters. The van der Waals surface area contributed by atoms with Gasteiger partial charge >= 0.3 is 0 Å². The largest absolute Gasteiger partial charge is 0.342 e. The van der Waals surface area contributed by atoms with E-state index in [1.54, 1.807) is 0 Å². The van der Waals surface area contributed by atoms with E-state index in [1.165, 1.54) is 77.4 Å². The molecule has 1 spiro atoms. The minimum atomic E-state index is 0.311. The van der Waals surface area contributed by atoms with Crippen LogP contribution in [0.15, 0.2) is 12.3 Å². The van der Waals surface area contributed by atoms with Crippen LogP contribution in [0.5, 0.6) is 0 Å². The molecule has 5 heteroatoms. The Morgan fingerprint density at radius 2 is 1.96 bits per heavy atom. The summed E-state index contributed by atoms with van der Waals surface area (Å²) in [4.78, 5) is 17.6. The number of likely N-dealkylation sites (tertiary alicyclic amines) is 2. The fourth-order valence-electron chi connectivity index (χ4n) is 5.82. The molecule has 156 valence electrons. The lowest BCUT2D eigenvalue weighted by atomic mass is 9.79. The van der Waals surface area contributed by atoms with E-state index in [2.05, 4.69) is 14.9 Å². The molecule has 4 rings (SSSR count). The predicted molar refractivity (Wildman–Crippen MR) is 112 cm³/mol. The van der Waals surface area contributed by atoms with Gasteiger partial charge in [-0.2, -0.15) is 5.10 Å². The van der Waals surface area contributed by atoms with Crippen molar-refractivity contribution in [1.82, 2.24) is 19.6 Å². The van der Waals surface area contributed by atoms with Crippen molar-refractivity contribution in [1.29, 1.82) is 0 Å². The molecule has 1 aromatic heterocycles. The number of hydrogen-bond acceptors (Lipinski definition) is 3. The molecule has 1 saturated carbocycles. The van der Waals surface area contributed by atoms with Gasteiger partial charge in [-0.25, -0.2) is 0 Å². The summed E-state index contributed by atoms with van der Waals surface area (Å²) in [5.41, 5.74) is 1.49. The third-order valence-electron chi connectivity index (χ3n) is 7.58. The maximum atomic E-state index is 12.8. The predicted octanol–water partition coefficient (Wildman–Crippen LogP) is 3.87. The summed E-state index contributed by atoms with van der Waals surface area (Å²) in [6.07, 6.45) is 14.8.